The van der Waals surface area contributed by atoms with E-state index in [0.717, 1.165) is 28.5 Å². The van der Waals surface area contributed by atoms with Gasteiger partial charge in [-0.05, 0) is 57.2 Å². The molecule has 0 saturated heterocycles. The van der Waals surface area contributed by atoms with Crippen molar-refractivity contribution in [2.24, 2.45) is 0 Å². The molecule has 184 valence electrons. The minimum atomic E-state index is -0.643. The fourth-order valence-corrected chi connectivity index (χ4v) is 3.86. The molecular weight excluding hydrogens is 442 g/mol. The van der Waals surface area contributed by atoms with Gasteiger partial charge in [-0.25, -0.2) is 4.68 Å². The molecule has 0 spiro atoms. The maximum atomic E-state index is 10.7. The van der Waals surface area contributed by atoms with Crippen molar-refractivity contribution in [2.45, 2.75) is 46.1 Å². The molecule has 2 aromatic heterocycles. The molecular formula is C28H33N3O4. The summed E-state index contributed by atoms with van der Waals surface area (Å²) in [4.78, 5) is 2.13. The van der Waals surface area contributed by atoms with Crippen LogP contribution in [0.1, 0.15) is 30.9 Å². The smallest absolute Gasteiger partial charge is 0.227 e. The first-order valence-electron chi connectivity index (χ1n) is 11.9. The number of aliphatic hydroxyl groups is 1. The van der Waals surface area contributed by atoms with Crippen LogP contribution in [0.2, 0.25) is 0 Å². The average molecular weight is 476 g/mol. The zero-order chi connectivity index (χ0) is 24.6. The maximum Gasteiger partial charge on any atom is 0.227 e. The molecule has 0 aliphatic carbocycles. The summed E-state index contributed by atoms with van der Waals surface area (Å²) in [7, 11) is 0. The molecule has 2 aromatic carbocycles. The van der Waals surface area contributed by atoms with Gasteiger partial charge in [-0.2, -0.15) is 5.10 Å². The molecule has 1 atom stereocenters. The van der Waals surface area contributed by atoms with Crippen LogP contribution >= 0.6 is 0 Å². The molecule has 4 rings (SSSR count). The number of aryl methyl sites for hydroxylation is 1. The number of rotatable bonds is 12. The van der Waals surface area contributed by atoms with Gasteiger partial charge < -0.3 is 19.0 Å². The molecule has 7 nitrogen and oxygen atoms in total. The lowest BCUT2D eigenvalue weighted by Crippen LogP contribution is -2.35. The summed E-state index contributed by atoms with van der Waals surface area (Å²) in [5.41, 5.74) is 2.72. The molecule has 2 heterocycles. The zero-order valence-corrected chi connectivity index (χ0v) is 20.5. The number of aromatic nitrogens is 2. The number of para-hydroxylation sites is 2. The largest absolute Gasteiger partial charge is 0.468 e. The van der Waals surface area contributed by atoms with Gasteiger partial charge in [0.25, 0.3) is 0 Å². The van der Waals surface area contributed by atoms with Crippen molar-refractivity contribution in [1.82, 2.24) is 14.7 Å². The van der Waals surface area contributed by atoms with Crippen LogP contribution < -0.4 is 4.74 Å². The van der Waals surface area contributed by atoms with Crippen LogP contribution in [-0.4, -0.2) is 45.1 Å². The second kappa shape index (κ2) is 11.8. The second-order valence-electron chi connectivity index (χ2n) is 8.82. The van der Waals surface area contributed by atoms with Crippen LogP contribution in [0.5, 0.6) is 11.6 Å². The molecule has 0 radical (unpaired) electrons. The first-order chi connectivity index (χ1) is 17.0. The number of aliphatic hydroxyl groups excluding tert-OH is 1. The molecule has 35 heavy (non-hydrogen) atoms. The van der Waals surface area contributed by atoms with Crippen LogP contribution in [0, 0.1) is 6.92 Å². The second-order valence-corrected chi connectivity index (χ2v) is 8.82. The van der Waals surface area contributed by atoms with Gasteiger partial charge in [0.2, 0.25) is 5.88 Å². The summed E-state index contributed by atoms with van der Waals surface area (Å²) in [6.45, 7) is 7.63. The van der Waals surface area contributed by atoms with Crippen molar-refractivity contribution < 1.29 is 19.0 Å². The van der Waals surface area contributed by atoms with Crippen LogP contribution in [0.25, 0.3) is 5.69 Å². The molecule has 4 aromatic rings. The van der Waals surface area contributed by atoms with Crippen molar-refractivity contribution in [3.05, 3.63) is 96.1 Å². The van der Waals surface area contributed by atoms with Crippen molar-refractivity contribution in [2.75, 3.05) is 13.2 Å². The third-order valence-electron chi connectivity index (χ3n) is 5.53. The standard InChI is InChI=1S/C28H33N3O4/c1-21(2)34-20-24(32)17-30(18-26-15-10-16-33-26)19-27-22(3)29-31(23-11-6-4-7-12-23)28(27)35-25-13-8-5-9-14-25/h4-16,21,24,32H,17-20H2,1-3H3. The van der Waals surface area contributed by atoms with E-state index < -0.39 is 6.10 Å². The summed E-state index contributed by atoms with van der Waals surface area (Å²) in [5, 5.41) is 15.5. The van der Waals surface area contributed by atoms with Crippen molar-refractivity contribution in [3.63, 3.8) is 0 Å². The lowest BCUT2D eigenvalue weighted by molar-refractivity contribution is -0.0114. The highest BCUT2D eigenvalue weighted by molar-refractivity contribution is 5.43. The highest BCUT2D eigenvalue weighted by Crippen LogP contribution is 2.32. The Hall–Kier alpha value is -3.39. The number of nitrogens with zero attached hydrogens (tertiary/aromatic N) is 3. The lowest BCUT2D eigenvalue weighted by atomic mass is 10.2. The van der Waals surface area contributed by atoms with E-state index in [1.54, 1.807) is 6.26 Å². The normalized spacial score (nSPS) is 12.4. The summed E-state index contributed by atoms with van der Waals surface area (Å²) < 4.78 is 19.5. The fraction of sp³-hybridized carbons (Fsp3) is 0.321. The maximum absolute atomic E-state index is 10.7. The summed E-state index contributed by atoms with van der Waals surface area (Å²) in [6, 6.07) is 23.4. The highest BCUT2D eigenvalue weighted by Gasteiger charge is 2.23. The fourth-order valence-electron chi connectivity index (χ4n) is 3.86. The summed E-state index contributed by atoms with van der Waals surface area (Å²) in [6.07, 6.45) is 1.07. The first-order valence-corrected chi connectivity index (χ1v) is 11.9. The van der Waals surface area contributed by atoms with E-state index in [0.29, 0.717) is 25.5 Å². The first kappa shape index (κ1) is 24.7. The Morgan fingerprint density at radius 1 is 0.971 bits per heavy atom. The topological polar surface area (TPSA) is 72.9 Å². The van der Waals surface area contributed by atoms with E-state index >= 15 is 0 Å². The predicted molar refractivity (Wildman–Crippen MR) is 135 cm³/mol. The van der Waals surface area contributed by atoms with E-state index in [4.69, 9.17) is 19.0 Å². The van der Waals surface area contributed by atoms with Crippen molar-refractivity contribution in [1.29, 1.82) is 0 Å². The zero-order valence-electron chi connectivity index (χ0n) is 20.5. The Labute approximate surface area is 206 Å². The van der Waals surface area contributed by atoms with E-state index in [-0.39, 0.29) is 12.7 Å². The Morgan fingerprint density at radius 2 is 1.69 bits per heavy atom. The van der Waals surface area contributed by atoms with E-state index in [1.165, 1.54) is 0 Å². The third kappa shape index (κ3) is 6.82. The Bertz CT molecular complexity index is 1160. The Kier molecular flexibility index (Phi) is 8.36. The average Bonchev–Trinajstić information content (AvgIpc) is 3.47. The molecule has 0 fully saturated rings. The van der Waals surface area contributed by atoms with Gasteiger partial charge >= 0.3 is 0 Å². The van der Waals surface area contributed by atoms with Crippen molar-refractivity contribution in [3.8, 4) is 17.3 Å². The van der Waals surface area contributed by atoms with Crippen molar-refractivity contribution >= 4 is 0 Å². The Morgan fingerprint density at radius 3 is 2.34 bits per heavy atom. The van der Waals surface area contributed by atoms with Gasteiger partial charge in [-0.1, -0.05) is 36.4 Å². The van der Waals surface area contributed by atoms with E-state index in [1.807, 2.05) is 98.2 Å². The number of furan rings is 1. The molecule has 1 unspecified atom stereocenters. The minimum Gasteiger partial charge on any atom is -0.468 e. The summed E-state index contributed by atoms with van der Waals surface area (Å²) in [5.74, 6) is 2.20. The lowest BCUT2D eigenvalue weighted by Gasteiger charge is -2.25. The monoisotopic (exact) mass is 475 g/mol. The number of ether oxygens (including phenoxy) is 2. The number of hydrogen-bond acceptors (Lipinski definition) is 6. The molecule has 0 aliphatic rings. The van der Waals surface area contributed by atoms with Gasteiger partial charge in [-0.15, -0.1) is 0 Å². The number of benzene rings is 2. The summed E-state index contributed by atoms with van der Waals surface area (Å²) >= 11 is 0. The van der Waals surface area contributed by atoms with Gasteiger partial charge in [0.05, 0.1) is 48.6 Å². The highest BCUT2D eigenvalue weighted by atomic mass is 16.5. The molecule has 7 heteroatoms. The molecule has 0 amide bonds. The van der Waals surface area contributed by atoms with Crippen LogP contribution in [-0.2, 0) is 17.8 Å². The van der Waals surface area contributed by atoms with Gasteiger partial charge in [0, 0.05) is 13.1 Å². The van der Waals surface area contributed by atoms with Gasteiger partial charge in [0.15, 0.2) is 0 Å². The molecule has 1 N–H and O–H groups in total. The van der Waals surface area contributed by atoms with Gasteiger partial charge in [0.1, 0.15) is 11.5 Å². The van der Waals surface area contributed by atoms with Crippen LogP contribution in [0.3, 0.4) is 0 Å². The third-order valence-corrected chi connectivity index (χ3v) is 5.53. The van der Waals surface area contributed by atoms with Crippen LogP contribution in [0.4, 0.5) is 0 Å². The Balaban J connectivity index is 1.66. The minimum absolute atomic E-state index is 0.0559. The quantitative estimate of drug-likeness (QED) is 0.298. The SMILES string of the molecule is Cc1nn(-c2ccccc2)c(Oc2ccccc2)c1CN(Cc1ccco1)CC(O)COC(C)C. The van der Waals surface area contributed by atoms with Gasteiger partial charge in [-0.3, -0.25) is 4.90 Å². The molecule has 0 bridgehead atoms. The molecule has 0 aliphatic heterocycles. The van der Waals surface area contributed by atoms with E-state index in [2.05, 4.69) is 4.90 Å². The number of hydrogen-bond donors (Lipinski definition) is 1. The molecule has 0 saturated carbocycles. The van der Waals surface area contributed by atoms with Crippen LogP contribution in [0.15, 0.2) is 83.5 Å². The van der Waals surface area contributed by atoms with E-state index in [9.17, 15) is 5.11 Å². The predicted octanol–water partition coefficient (Wildman–Crippen LogP) is 5.35.